The molecule has 2 aromatic rings. The summed E-state index contributed by atoms with van der Waals surface area (Å²) in [5.41, 5.74) is 1.87. The quantitative estimate of drug-likeness (QED) is 0.740. The number of H-pyrrole nitrogens is 1. The van der Waals surface area contributed by atoms with Gasteiger partial charge in [-0.05, 0) is 25.0 Å². The number of nitrogens with one attached hydrogen (secondary N) is 3. The monoisotopic (exact) mass is 230 g/mol. The highest BCUT2D eigenvalue weighted by atomic mass is 16.2. The van der Waals surface area contributed by atoms with Gasteiger partial charge in [0.05, 0.1) is 17.6 Å². The lowest BCUT2D eigenvalue weighted by atomic mass is 10.3. The van der Waals surface area contributed by atoms with Gasteiger partial charge in [0.15, 0.2) is 0 Å². The fraction of sp³-hybridized carbons (Fsp3) is 0.333. The first-order chi connectivity index (χ1) is 8.31. The Balaban J connectivity index is 1.61. The number of fused-ring (bicyclic) bond motifs is 1. The number of amides is 1. The second-order valence-electron chi connectivity index (χ2n) is 4.30. The van der Waals surface area contributed by atoms with Gasteiger partial charge in [0, 0.05) is 6.04 Å². The van der Waals surface area contributed by atoms with E-state index in [1.54, 1.807) is 0 Å². The number of benzene rings is 1. The van der Waals surface area contributed by atoms with E-state index in [1.807, 2.05) is 24.3 Å². The molecule has 0 spiro atoms. The van der Waals surface area contributed by atoms with Crippen molar-refractivity contribution in [2.24, 2.45) is 0 Å². The van der Waals surface area contributed by atoms with E-state index in [4.69, 9.17) is 0 Å². The Morgan fingerprint density at radius 1 is 1.41 bits per heavy atom. The predicted molar refractivity (Wildman–Crippen MR) is 65.7 cm³/mol. The topological polar surface area (TPSA) is 69.8 Å². The Kier molecular flexibility index (Phi) is 2.44. The maximum absolute atomic E-state index is 11.5. The molecule has 0 unspecified atom stereocenters. The van der Waals surface area contributed by atoms with Crippen LogP contribution in [-0.4, -0.2) is 28.5 Å². The summed E-state index contributed by atoms with van der Waals surface area (Å²) in [4.78, 5) is 18.9. The van der Waals surface area contributed by atoms with Crippen LogP contribution >= 0.6 is 0 Å². The van der Waals surface area contributed by atoms with E-state index >= 15 is 0 Å². The Labute approximate surface area is 98.6 Å². The number of para-hydroxylation sites is 2. The van der Waals surface area contributed by atoms with Crippen LogP contribution in [0.3, 0.4) is 0 Å². The number of anilines is 1. The maximum Gasteiger partial charge on any atom is 0.239 e. The molecule has 1 fully saturated rings. The van der Waals surface area contributed by atoms with Crippen LogP contribution in [0.1, 0.15) is 12.8 Å². The average molecular weight is 230 g/mol. The SMILES string of the molecule is O=C(CNc1nc2ccccc2[nH]1)NC1CC1. The number of aromatic amines is 1. The van der Waals surface area contributed by atoms with Gasteiger partial charge in [-0.15, -0.1) is 0 Å². The van der Waals surface area contributed by atoms with Crippen molar-refractivity contribution in [2.45, 2.75) is 18.9 Å². The van der Waals surface area contributed by atoms with Crippen LogP contribution in [0.15, 0.2) is 24.3 Å². The Morgan fingerprint density at radius 2 is 2.24 bits per heavy atom. The third-order valence-electron chi connectivity index (χ3n) is 2.75. The van der Waals surface area contributed by atoms with Crippen molar-refractivity contribution in [1.82, 2.24) is 15.3 Å². The zero-order valence-electron chi connectivity index (χ0n) is 9.36. The Morgan fingerprint density at radius 3 is 3.00 bits per heavy atom. The van der Waals surface area contributed by atoms with Gasteiger partial charge in [-0.2, -0.15) is 0 Å². The predicted octanol–water partition coefficient (Wildman–Crippen LogP) is 1.25. The van der Waals surface area contributed by atoms with Crippen molar-refractivity contribution in [3.8, 4) is 0 Å². The van der Waals surface area contributed by atoms with Crippen molar-refractivity contribution < 1.29 is 4.79 Å². The second-order valence-corrected chi connectivity index (χ2v) is 4.30. The van der Waals surface area contributed by atoms with Crippen LogP contribution in [-0.2, 0) is 4.79 Å². The Bertz CT molecular complexity index is 511. The molecule has 0 saturated heterocycles. The van der Waals surface area contributed by atoms with Gasteiger partial charge in [0.25, 0.3) is 0 Å². The smallest absolute Gasteiger partial charge is 0.239 e. The van der Waals surface area contributed by atoms with E-state index in [2.05, 4.69) is 20.6 Å². The molecular formula is C12H14N4O. The molecule has 17 heavy (non-hydrogen) atoms. The normalized spacial score (nSPS) is 14.8. The molecule has 0 atom stereocenters. The summed E-state index contributed by atoms with van der Waals surface area (Å²) in [5, 5.41) is 5.90. The highest BCUT2D eigenvalue weighted by Crippen LogP contribution is 2.18. The third kappa shape index (κ3) is 2.38. The lowest BCUT2D eigenvalue weighted by Gasteiger charge is -2.03. The number of imidazole rings is 1. The van der Waals surface area contributed by atoms with Gasteiger partial charge < -0.3 is 15.6 Å². The van der Waals surface area contributed by atoms with Crippen LogP contribution in [0, 0.1) is 0 Å². The van der Waals surface area contributed by atoms with Crippen LogP contribution in [0.25, 0.3) is 11.0 Å². The number of carbonyl (C=O) groups excluding carboxylic acids is 1. The molecule has 1 aromatic heterocycles. The van der Waals surface area contributed by atoms with Gasteiger partial charge in [-0.1, -0.05) is 12.1 Å². The van der Waals surface area contributed by atoms with Crippen LogP contribution < -0.4 is 10.6 Å². The minimum absolute atomic E-state index is 0.0213. The molecule has 1 aromatic carbocycles. The number of rotatable bonds is 4. The van der Waals surface area contributed by atoms with Gasteiger partial charge in [0.2, 0.25) is 11.9 Å². The summed E-state index contributed by atoms with van der Waals surface area (Å²) in [5.74, 6) is 0.658. The van der Waals surface area contributed by atoms with E-state index in [0.717, 1.165) is 23.9 Å². The highest BCUT2D eigenvalue weighted by molar-refractivity contribution is 5.82. The molecule has 3 rings (SSSR count). The van der Waals surface area contributed by atoms with E-state index in [-0.39, 0.29) is 12.5 Å². The summed E-state index contributed by atoms with van der Waals surface area (Å²) in [6.07, 6.45) is 2.22. The first-order valence-corrected chi connectivity index (χ1v) is 5.79. The Hall–Kier alpha value is -2.04. The number of carbonyl (C=O) groups is 1. The second kappa shape index (κ2) is 4.08. The molecule has 0 radical (unpaired) electrons. The van der Waals surface area contributed by atoms with E-state index in [0.29, 0.717) is 12.0 Å². The average Bonchev–Trinajstić information content (AvgIpc) is 3.03. The van der Waals surface area contributed by atoms with Gasteiger partial charge in [-0.3, -0.25) is 4.79 Å². The fourth-order valence-corrected chi connectivity index (χ4v) is 1.71. The van der Waals surface area contributed by atoms with Crippen molar-refractivity contribution in [1.29, 1.82) is 0 Å². The molecule has 3 N–H and O–H groups in total. The summed E-state index contributed by atoms with van der Waals surface area (Å²) in [7, 11) is 0. The zero-order valence-corrected chi connectivity index (χ0v) is 9.36. The molecule has 0 aliphatic heterocycles. The largest absolute Gasteiger partial charge is 0.352 e. The zero-order chi connectivity index (χ0) is 11.7. The lowest BCUT2D eigenvalue weighted by Crippen LogP contribution is -2.31. The molecule has 88 valence electrons. The molecular weight excluding hydrogens is 216 g/mol. The number of hydrogen-bond donors (Lipinski definition) is 3. The molecule has 1 heterocycles. The number of hydrogen-bond acceptors (Lipinski definition) is 3. The van der Waals surface area contributed by atoms with Gasteiger partial charge >= 0.3 is 0 Å². The number of aromatic nitrogens is 2. The lowest BCUT2D eigenvalue weighted by molar-refractivity contribution is -0.119. The van der Waals surface area contributed by atoms with Crippen LogP contribution in [0.4, 0.5) is 5.95 Å². The van der Waals surface area contributed by atoms with E-state index in [9.17, 15) is 4.79 Å². The van der Waals surface area contributed by atoms with Crippen molar-refractivity contribution >= 4 is 22.9 Å². The summed E-state index contributed by atoms with van der Waals surface area (Å²) < 4.78 is 0. The molecule has 1 amide bonds. The molecule has 5 heteroatoms. The fourth-order valence-electron chi connectivity index (χ4n) is 1.71. The highest BCUT2D eigenvalue weighted by Gasteiger charge is 2.22. The van der Waals surface area contributed by atoms with E-state index < -0.39 is 0 Å². The summed E-state index contributed by atoms with van der Waals surface area (Å²) in [6, 6.07) is 8.18. The minimum Gasteiger partial charge on any atom is -0.352 e. The molecule has 1 aliphatic rings. The van der Waals surface area contributed by atoms with E-state index in [1.165, 1.54) is 0 Å². The summed E-state index contributed by atoms with van der Waals surface area (Å²) >= 11 is 0. The number of nitrogens with zero attached hydrogens (tertiary/aromatic N) is 1. The first kappa shape index (κ1) is 10.1. The van der Waals surface area contributed by atoms with Gasteiger partial charge in [0.1, 0.15) is 0 Å². The van der Waals surface area contributed by atoms with Crippen molar-refractivity contribution in [3.05, 3.63) is 24.3 Å². The third-order valence-corrected chi connectivity index (χ3v) is 2.75. The standard InChI is InChI=1S/C12H14N4O/c17-11(14-8-5-6-8)7-13-12-15-9-3-1-2-4-10(9)16-12/h1-4,8H,5-7H2,(H,14,17)(H2,13,15,16). The van der Waals surface area contributed by atoms with Crippen molar-refractivity contribution in [2.75, 3.05) is 11.9 Å². The molecule has 0 bridgehead atoms. The molecule has 1 aliphatic carbocycles. The molecule has 1 saturated carbocycles. The summed E-state index contributed by atoms with van der Waals surface area (Å²) in [6.45, 7) is 0.260. The van der Waals surface area contributed by atoms with Crippen LogP contribution in [0.2, 0.25) is 0 Å². The molecule has 5 nitrogen and oxygen atoms in total. The first-order valence-electron chi connectivity index (χ1n) is 5.79. The van der Waals surface area contributed by atoms with Crippen LogP contribution in [0.5, 0.6) is 0 Å². The maximum atomic E-state index is 11.5. The van der Waals surface area contributed by atoms with Gasteiger partial charge in [-0.25, -0.2) is 4.98 Å². The minimum atomic E-state index is 0.0213. The van der Waals surface area contributed by atoms with Crippen molar-refractivity contribution in [3.63, 3.8) is 0 Å².